The van der Waals surface area contributed by atoms with E-state index in [0.717, 1.165) is 5.56 Å². The molecule has 0 aromatic heterocycles. The van der Waals surface area contributed by atoms with Crippen molar-refractivity contribution in [3.8, 4) is 0 Å². The van der Waals surface area contributed by atoms with Crippen LogP contribution in [0.2, 0.25) is 0 Å². The second-order valence-corrected chi connectivity index (χ2v) is 4.74. The van der Waals surface area contributed by atoms with Crippen LogP contribution in [0.1, 0.15) is 5.56 Å². The minimum absolute atomic E-state index is 0.142. The highest BCUT2D eigenvalue weighted by Crippen LogP contribution is 2.11. The topological polar surface area (TPSA) is 20.2 Å². The van der Waals surface area contributed by atoms with Crippen LogP contribution < -0.4 is 0 Å². The standard InChI is InChI=1S/C10H12OS/c1-12(2)8-10(11)9-6-4-3-5-7-9/h3-8H,1-2H3/p+1/b10-8-. The summed E-state index contributed by atoms with van der Waals surface area (Å²) in [5.41, 5.74) is 0.888. The van der Waals surface area contributed by atoms with Gasteiger partial charge in [-0.1, -0.05) is 30.3 Å². The normalized spacial score (nSPS) is 12.1. The fourth-order valence-electron chi connectivity index (χ4n) is 0.900. The smallest absolute Gasteiger partial charge is 0.170 e. The zero-order chi connectivity index (χ0) is 8.97. The SMILES string of the molecule is C[S+](C)/C=C(\O)c1ccccc1. The van der Waals surface area contributed by atoms with Gasteiger partial charge in [0, 0.05) is 16.5 Å². The lowest BCUT2D eigenvalue weighted by Gasteiger charge is -1.96. The lowest BCUT2D eigenvalue weighted by Crippen LogP contribution is -1.91. The number of hydrogen-bond donors (Lipinski definition) is 1. The van der Waals surface area contributed by atoms with Crippen LogP contribution in [0, 0.1) is 0 Å². The van der Waals surface area contributed by atoms with Gasteiger partial charge in [-0.3, -0.25) is 0 Å². The molecule has 0 aliphatic heterocycles. The summed E-state index contributed by atoms with van der Waals surface area (Å²) in [6, 6.07) is 9.58. The summed E-state index contributed by atoms with van der Waals surface area (Å²) >= 11 is 0. The van der Waals surface area contributed by atoms with Crippen molar-refractivity contribution in [2.24, 2.45) is 0 Å². The molecule has 1 N–H and O–H groups in total. The Morgan fingerprint density at radius 3 is 2.33 bits per heavy atom. The van der Waals surface area contributed by atoms with Gasteiger partial charge in [-0.25, -0.2) is 0 Å². The molecular weight excluding hydrogens is 168 g/mol. The van der Waals surface area contributed by atoms with Crippen LogP contribution in [0.3, 0.4) is 0 Å². The van der Waals surface area contributed by atoms with E-state index in [-0.39, 0.29) is 10.9 Å². The van der Waals surface area contributed by atoms with E-state index >= 15 is 0 Å². The first-order valence-corrected chi connectivity index (χ1v) is 5.83. The number of rotatable bonds is 2. The number of benzene rings is 1. The van der Waals surface area contributed by atoms with Crippen LogP contribution in [0.15, 0.2) is 35.7 Å². The molecule has 0 fully saturated rings. The summed E-state index contributed by atoms with van der Waals surface area (Å²) < 4.78 is 0. The summed E-state index contributed by atoms with van der Waals surface area (Å²) in [4.78, 5) is 0. The molecule has 0 spiro atoms. The Balaban J connectivity index is 2.85. The number of hydrogen-bond acceptors (Lipinski definition) is 1. The van der Waals surface area contributed by atoms with Gasteiger partial charge in [0.15, 0.2) is 11.2 Å². The first-order valence-electron chi connectivity index (χ1n) is 3.73. The van der Waals surface area contributed by atoms with Gasteiger partial charge in [-0.2, -0.15) is 0 Å². The molecule has 12 heavy (non-hydrogen) atoms. The molecule has 0 saturated heterocycles. The molecule has 0 heterocycles. The summed E-state index contributed by atoms with van der Waals surface area (Å²) in [5.74, 6) is 0.379. The van der Waals surface area contributed by atoms with Crippen LogP contribution in [-0.2, 0) is 10.9 Å². The van der Waals surface area contributed by atoms with Crippen molar-refractivity contribution in [1.29, 1.82) is 0 Å². The largest absolute Gasteiger partial charge is 0.503 e. The molecule has 0 unspecified atom stereocenters. The van der Waals surface area contributed by atoms with Gasteiger partial charge in [0.05, 0.1) is 0 Å². The molecule has 2 heteroatoms. The molecule has 0 amide bonds. The Hall–Kier alpha value is -0.890. The predicted octanol–water partition coefficient (Wildman–Crippen LogP) is 2.42. The van der Waals surface area contributed by atoms with Crippen LogP contribution in [0.25, 0.3) is 5.76 Å². The van der Waals surface area contributed by atoms with Crippen LogP contribution >= 0.6 is 0 Å². The van der Waals surface area contributed by atoms with Gasteiger partial charge in [0.2, 0.25) is 0 Å². The summed E-state index contributed by atoms with van der Waals surface area (Å²) in [6.45, 7) is 0. The third-order valence-corrected chi connectivity index (χ3v) is 2.11. The van der Waals surface area contributed by atoms with Crippen LogP contribution in [-0.4, -0.2) is 17.6 Å². The Labute approximate surface area is 76.1 Å². The molecule has 0 aliphatic carbocycles. The Morgan fingerprint density at radius 2 is 1.83 bits per heavy atom. The number of aliphatic hydroxyl groups is 1. The van der Waals surface area contributed by atoms with E-state index in [0.29, 0.717) is 5.76 Å². The molecule has 1 nitrogen and oxygen atoms in total. The first kappa shape index (κ1) is 9.20. The molecule has 1 aromatic carbocycles. The number of aliphatic hydroxyl groups excluding tert-OH is 1. The van der Waals surface area contributed by atoms with Crippen LogP contribution in [0.5, 0.6) is 0 Å². The molecule has 0 bridgehead atoms. The Morgan fingerprint density at radius 1 is 1.25 bits per heavy atom. The highest BCUT2D eigenvalue weighted by Gasteiger charge is 2.03. The molecule has 0 aliphatic rings. The van der Waals surface area contributed by atoms with E-state index in [4.69, 9.17) is 0 Å². The van der Waals surface area contributed by atoms with Crippen molar-refractivity contribution >= 4 is 16.7 Å². The van der Waals surface area contributed by atoms with Crippen molar-refractivity contribution in [2.45, 2.75) is 0 Å². The van der Waals surface area contributed by atoms with Crippen molar-refractivity contribution in [3.63, 3.8) is 0 Å². The first-order chi connectivity index (χ1) is 5.70. The molecule has 64 valence electrons. The van der Waals surface area contributed by atoms with E-state index in [1.165, 1.54) is 0 Å². The van der Waals surface area contributed by atoms with Gasteiger partial charge in [0.25, 0.3) is 0 Å². The zero-order valence-electron chi connectivity index (χ0n) is 7.32. The maximum absolute atomic E-state index is 9.56. The zero-order valence-corrected chi connectivity index (χ0v) is 8.14. The molecule has 1 rings (SSSR count). The molecule has 0 radical (unpaired) electrons. The van der Waals surface area contributed by atoms with Gasteiger partial charge in [0.1, 0.15) is 12.5 Å². The highest BCUT2D eigenvalue weighted by molar-refractivity contribution is 7.98. The Kier molecular flexibility index (Phi) is 3.23. The lowest BCUT2D eigenvalue weighted by molar-refractivity contribution is 0.513. The summed E-state index contributed by atoms with van der Waals surface area (Å²) in [7, 11) is 0.142. The predicted molar refractivity (Wildman–Crippen MR) is 56.3 cm³/mol. The van der Waals surface area contributed by atoms with Gasteiger partial charge >= 0.3 is 0 Å². The van der Waals surface area contributed by atoms with Gasteiger partial charge in [-0.05, 0) is 0 Å². The maximum atomic E-state index is 9.56. The lowest BCUT2D eigenvalue weighted by atomic mass is 10.2. The molecule has 0 saturated carbocycles. The maximum Gasteiger partial charge on any atom is 0.170 e. The van der Waals surface area contributed by atoms with Crippen molar-refractivity contribution in [3.05, 3.63) is 41.3 Å². The molecule has 0 atom stereocenters. The monoisotopic (exact) mass is 181 g/mol. The average Bonchev–Trinajstić information content (AvgIpc) is 2.05. The molecular formula is C10H13OS+. The second kappa shape index (κ2) is 4.21. The average molecular weight is 181 g/mol. The highest BCUT2D eigenvalue weighted by atomic mass is 32.2. The summed E-state index contributed by atoms with van der Waals surface area (Å²) in [5, 5.41) is 11.4. The minimum atomic E-state index is 0.142. The summed E-state index contributed by atoms with van der Waals surface area (Å²) in [6.07, 6.45) is 4.14. The second-order valence-electron chi connectivity index (χ2n) is 2.75. The van der Waals surface area contributed by atoms with Gasteiger partial charge < -0.3 is 5.11 Å². The van der Waals surface area contributed by atoms with E-state index < -0.39 is 0 Å². The third kappa shape index (κ3) is 2.62. The van der Waals surface area contributed by atoms with Crippen molar-refractivity contribution < 1.29 is 5.11 Å². The van der Waals surface area contributed by atoms with E-state index in [1.807, 2.05) is 35.7 Å². The van der Waals surface area contributed by atoms with Crippen LogP contribution in [0.4, 0.5) is 0 Å². The molecule has 1 aromatic rings. The fraction of sp³-hybridized carbons (Fsp3) is 0.200. The van der Waals surface area contributed by atoms with E-state index in [1.54, 1.807) is 0 Å². The third-order valence-electron chi connectivity index (χ3n) is 1.42. The van der Waals surface area contributed by atoms with E-state index in [9.17, 15) is 5.11 Å². The van der Waals surface area contributed by atoms with E-state index in [2.05, 4.69) is 12.5 Å². The Bertz CT molecular complexity index is 264. The fourth-order valence-corrected chi connectivity index (χ4v) is 1.48. The van der Waals surface area contributed by atoms with Crippen molar-refractivity contribution in [2.75, 3.05) is 12.5 Å². The minimum Gasteiger partial charge on any atom is -0.503 e. The quantitative estimate of drug-likeness (QED) is 0.549. The van der Waals surface area contributed by atoms with Crippen molar-refractivity contribution in [1.82, 2.24) is 0 Å². The van der Waals surface area contributed by atoms with Gasteiger partial charge in [-0.15, -0.1) is 0 Å².